The van der Waals surface area contributed by atoms with E-state index < -0.39 is 0 Å². The molecule has 17 heavy (non-hydrogen) atoms. The van der Waals surface area contributed by atoms with Crippen LogP contribution in [0.3, 0.4) is 0 Å². The fraction of sp³-hybridized carbons (Fsp3) is 0.500. The first-order valence-corrected chi connectivity index (χ1v) is 7.28. The molecule has 0 fully saturated rings. The summed E-state index contributed by atoms with van der Waals surface area (Å²) in [6.07, 6.45) is 0. The lowest BCUT2D eigenvalue weighted by Crippen LogP contribution is -1.95. The zero-order valence-corrected chi connectivity index (χ0v) is 12.1. The second-order valence-electron chi connectivity index (χ2n) is 4.22. The highest BCUT2D eigenvalue weighted by molar-refractivity contribution is 8.00. The van der Waals surface area contributed by atoms with Crippen molar-refractivity contribution in [2.45, 2.75) is 48.0 Å². The maximum Gasteiger partial charge on any atom is 0.284 e. The van der Waals surface area contributed by atoms with Gasteiger partial charge in [-0.25, -0.2) is 0 Å². The Bertz CT molecular complexity index is 405. The van der Waals surface area contributed by atoms with Crippen molar-refractivity contribution in [3.05, 3.63) is 28.3 Å². The van der Waals surface area contributed by atoms with Gasteiger partial charge in [0.05, 0.1) is 9.82 Å². The minimum atomic E-state index is -0.297. The molecule has 0 aliphatic heterocycles. The van der Waals surface area contributed by atoms with E-state index >= 15 is 0 Å². The van der Waals surface area contributed by atoms with Crippen LogP contribution in [0.1, 0.15) is 27.7 Å². The Morgan fingerprint density at radius 2 is 1.71 bits per heavy atom. The van der Waals surface area contributed by atoms with Crippen LogP contribution >= 0.6 is 23.5 Å². The van der Waals surface area contributed by atoms with Crippen LogP contribution in [-0.4, -0.2) is 15.4 Å². The maximum atomic E-state index is 11.0. The predicted molar refractivity (Wildman–Crippen MR) is 75.1 cm³/mol. The summed E-state index contributed by atoms with van der Waals surface area (Å²) in [4.78, 5) is 12.4. The van der Waals surface area contributed by atoms with Gasteiger partial charge in [0, 0.05) is 21.5 Å². The van der Waals surface area contributed by atoms with Crippen LogP contribution in [0.25, 0.3) is 0 Å². The summed E-state index contributed by atoms with van der Waals surface area (Å²) in [5.41, 5.74) is 0.217. The third-order valence-electron chi connectivity index (χ3n) is 1.86. The van der Waals surface area contributed by atoms with E-state index in [9.17, 15) is 10.1 Å². The molecule has 0 atom stereocenters. The summed E-state index contributed by atoms with van der Waals surface area (Å²) in [6.45, 7) is 8.22. The molecule has 0 amide bonds. The van der Waals surface area contributed by atoms with E-state index in [1.165, 1.54) is 11.8 Å². The monoisotopic (exact) mass is 271 g/mol. The van der Waals surface area contributed by atoms with Gasteiger partial charge in [-0.2, -0.15) is 0 Å². The van der Waals surface area contributed by atoms with Crippen molar-refractivity contribution in [2.24, 2.45) is 0 Å². The van der Waals surface area contributed by atoms with E-state index in [1.807, 2.05) is 26.0 Å². The third-order valence-corrected chi connectivity index (χ3v) is 3.93. The zero-order chi connectivity index (χ0) is 13.0. The largest absolute Gasteiger partial charge is 0.284 e. The average Bonchev–Trinajstić information content (AvgIpc) is 2.18. The minimum absolute atomic E-state index is 0.217. The van der Waals surface area contributed by atoms with Gasteiger partial charge in [-0.05, 0) is 12.1 Å². The van der Waals surface area contributed by atoms with Crippen molar-refractivity contribution >= 4 is 29.2 Å². The molecular weight excluding hydrogens is 254 g/mol. The van der Waals surface area contributed by atoms with E-state index in [4.69, 9.17) is 0 Å². The Kier molecular flexibility index (Phi) is 5.33. The molecule has 0 heterocycles. The molecule has 5 heteroatoms. The Hall–Kier alpha value is -0.680. The Morgan fingerprint density at radius 1 is 1.12 bits per heavy atom. The Labute approximate surface area is 111 Å². The van der Waals surface area contributed by atoms with Gasteiger partial charge in [-0.1, -0.05) is 27.7 Å². The van der Waals surface area contributed by atoms with Crippen molar-refractivity contribution < 1.29 is 4.92 Å². The maximum absolute atomic E-state index is 11.0. The van der Waals surface area contributed by atoms with E-state index in [0.29, 0.717) is 10.5 Å². The van der Waals surface area contributed by atoms with Gasteiger partial charge in [0.25, 0.3) is 5.69 Å². The second kappa shape index (κ2) is 6.31. The fourth-order valence-corrected chi connectivity index (χ4v) is 3.12. The second-order valence-corrected chi connectivity index (χ2v) is 7.49. The normalized spacial score (nSPS) is 11.2. The Morgan fingerprint density at radius 3 is 2.18 bits per heavy atom. The third kappa shape index (κ3) is 4.60. The van der Waals surface area contributed by atoms with Crippen molar-refractivity contribution in [1.82, 2.24) is 0 Å². The van der Waals surface area contributed by atoms with Crippen LogP contribution in [0.4, 0.5) is 5.69 Å². The molecule has 0 spiro atoms. The molecule has 0 aliphatic carbocycles. The molecule has 0 bridgehead atoms. The van der Waals surface area contributed by atoms with Gasteiger partial charge in [-0.15, -0.1) is 23.5 Å². The van der Waals surface area contributed by atoms with Gasteiger partial charge < -0.3 is 0 Å². The van der Waals surface area contributed by atoms with Crippen LogP contribution in [0.2, 0.25) is 0 Å². The van der Waals surface area contributed by atoms with E-state index in [2.05, 4.69) is 13.8 Å². The van der Waals surface area contributed by atoms with Crippen molar-refractivity contribution in [1.29, 1.82) is 0 Å². The number of thioether (sulfide) groups is 2. The molecule has 1 aromatic carbocycles. The lowest BCUT2D eigenvalue weighted by Gasteiger charge is -2.08. The lowest BCUT2D eigenvalue weighted by atomic mass is 10.3. The fourth-order valence-electron chi connectivity index (χ4n) is 1.34. The molecule has 0 unspecified atom stereocenters. The standard InChI is InChI=1S/C12H17NO2S2/c1-8(2)16-10-5-6-12(17-9(3)4)11(7-10)13(14)15/h5-9H,1-4H3. The number of benzene rings is 1. The van der Waals surface area contributed by atoms with Gasteiger partial charge in [-0.3, -0.25) is 10.1 Å². The lowest BCUT2D eigenvalue weighted by molar-refractivity contribution is -0.387. The van der Waals surface area contributed by atoms with Crippen LogP contribution < -0.4 is 0 Å². The molecule has 0 aliphatic rings. The number of nitrogens with zero attached hydrogens (tertiary/aromatic N) is 1. The predicted octanol–water partition coefficient (Wildman–Crippen LogP) is 4.60. The summed E-state index contributed by atoms with van der Waals surface area (Å²) in [5, 5.41) is 11.8. The van der Waals surface area contributed by atoms with E-state index in [1.54, 1.807) is 17.8 Å². The van der Waals surface area contributed by atoms with Crippen LogP contribution in [0, 0.1) is 10.1 Å². The van der Waals surface area contributed by atoms with Crippen LogP contribution in [-0.2, 0) is 0 Å². The highest BCUT2D eigenvalue weighted by Gasteiger charge is 2.16. The van der Waals surface area contributed by atoms with Crippen molar-refractivity contribution in [3.8, 4) is 0 Å². The number of nitro groups is 1. The molecule has 1 aromatic rings. The summed E-state index contributed by atoms with van der Waals surface area (Å²) in [7, 11) is 0. The average molecular weight is 271 g/mol. The molecule has 1 rings (SSSR count). The SMILES string of the molecule is CC(C)Sc1ccc(SC(C)C)c([N+](=O)[O-])c1. The van der Waals surface area contributed by atoms with E-state index in [0.717, 1.165) is 9.79 Å². The summed E-state index contributed by atoms with van der Waals surface area (Å²) in [6, 6.07) is 5.49. The minimum Gasteiger partial charge on any atom is -0.258 e. The van der Waals surface area contributed by atoms with Gasteiger partial charge in [0.2, 0.25) is 0 Å². The topological polar surface area (TPSA) is 43.1 Å². The molecule has 0 saturated carbocycles. The summed E-state index contributed by atoms with van der Waals surface area (Å²) in [5.74, 6) is 0. The van der Waals surface area contributed by atoms with Crippen LogP contribution in [0.5, 0.6) is 0 Å². The van der Waals surface area contributed by atoms with Crippen molar-refractivity contribution in [3.63, 3.8) is 0 Å². The molecule has 94 valence electrons. The molecular formula is C12H17NO2S2. The zero-order valence-electron chi connectivity index (χ0n) is 10.5. The van der Waals surface area contributed by atoms with Gasteiger partial charge in [0.15, 0.2) is 0 Å². The van der Waals surface area contributed by atoms with Crippen LogP contribution in [0.15, 0.2) is 28.0 Å². The highest BCUT2D eigenvalue weighted by atomic mass is 32.2. The number of rotatable bonds is 5. The number of hydrogen-bond acceptors (Lipinski definition) is 4. The molecule has 0 aromatic heterocycles. The molecule has 0 N–H and O–H groups in total. The highest BCUT2D eigenvalue weighted by Crippen LogP contribution is 2.35. The first-order valence-electron chi connectivity index (χ1n) is 5.52. The molecule has 3 nitrogen and oxygen atoms in total. The number of hydrogen-bond donors (Lipinski definition) is 0. The first kappa shape index (κ1) is 14.4. The first-order chi connectivity index (χ1) is 7.90. The van der Waals surface area contributed by atoms with Gasteiger partial charge in [0.1, 0.15) is 0 Å². The summed E-state index contributed by atoms with van der Waals surface area (Å²) < 4.78 is 0. The Balaban J connectivity index is 3.04. The number of nitro benzene ring substituents is 1. The van der Waals surface area contributed by atoms with E-state index in [-0.39, 0.29) is 10.6 Å². The van der Waals surface area contributed by atoms with Crippen molar-refractivity contribution in [2.75, 3.05) is 0 Å². The molecule has 0 saturated heterocycles. The quantitative estimate of drug-likeness (QED) is 0.446. The van der Waals surface area contributed by atoms with Gasteiger partial charge >= 0.3 is 0 Å². The summed E-state index contributed by atoms with van der Waals surface area (Å²) >= 11 is 3.17. The smallest absolute Gasteiger partial charge is 0.258 e. The molecule has 0 radical (unpaired) electrons.